The standard InChI is InChI=1S/C13H16ClN3O3/c1-5-13(2,20-4)12-16-15-10-9(14)6-8(7-17(10)12)11(18)19-3/h6-7H,5H2,1-4H3. The van der Waals surface area contributed by atoms with Crippen molar-refractivity contribution in [1.82, 2.24) is 14.6 Å². The number of aromatic nitrogens is 3. The molecule has 0 bridgehead atoms. The molecule has 0 aliphatic carbocycles. The Morgan fingerprint density at radius 1 is 1.45 bits per heavy atom. The summed E-state index contributed by atoms with van der Waals surface area (Å²) in [4.78, 5) is 11.7. The first-order chi connectivity index (χ1) is 9.46. The number of nitrogens with zero attached hydrogens (tertiary/aromatic N) is 3. The second-order valence-corrected chi connectivity index (χ2v) is 4.98. The zero-order valence-electron chi connectivity index (χ0n) is 11.8. The maximum Gasteiger partial charge on any atom is 0.339 e. The number of ether oxygens (including phenoxy) is 2. The van der Waals surface area contributed by atoms with Gasteiger partial charge in [0, 0.05) is 13.3 Å². The van der Waals surface area contributed by atoms with Gasteiger partial charge in [0.1, 0.15) is 5.60 Å². The van der Waals surface area contributed by atoms with E-state index in [9.17, 15) is 4.79 Å². The van der Waals surface area contributed by atoms with Crippen molar-refractivity contribution in [2.45, 2.75) is 25.9 Å². The SMILES string of the molecule is CCC(C)(OC)c1nnc2c(Cl)cc(C(=O)OC)cn12. The van der Waals surface area contributed by atoms with Crippen LogP contribution in [0.1, 0.15) is 36.5 Å². The van der Waals surface area contributed by atoms with Crippen molar-refractivity contribution in [3.05, 3.63) is 28.7 Å². The molecule has 2 rings (SSSR count). The molecule has 2 aromatic rings. The van der Waals surface area contributed by atoms with Crippen LogP contribution in [-0.2, 0) is 15.1 Å². The molecule has 0 radical (unpaired) electrons. The molecule has 0 spiro atoms. The van der Waals surface area contributed by atoms with Crippen molar-refractivity contribution >= 4 is 23.2 Å². The number of fused-ring (bicyclic) bond motifs is 1. The molecule has 2 aromatic heterocycles. The Bertz CT molecular complexity index is 650. The van der Waals surface area contributed by atoms with Crippen LogP contribution in [0.3, 0.4) is 0 Å². The Balaban J connectivity index is 2.70. The Kier molecular flexibility index (Phi) is 3.96. The lowest BCUT2D eigenvalue weighted by molar-refractivity contribution is -0.00980. The molecular formula is C13H16ClN3O3. The van der Waals surface area contributed by atoms with Crippen LogP contribution in [0.5, 0.6) is 0 Å². The Hall–Kier alpha value is -1.66. The summed E-state index contributed by atoms with van der Waals surface area (Å²) in [7, 11) is 2.93. The first-order valence-corrected chi connectivity index (χ1v) is 6.53. The summed E-state index contributed by atoms with van der Waals surface area (Å²) in [5.74, 6) is 0.120. The van der Waals surface area contributed by atoms with E-state index in [1.54, 1.807) is 17.7 Å². The van der Waals surface area contributed by atoms with Crippen molar-refractivity contribution in [2.75, 3.05) is 14.2 Å². The lowest BCUT2D eigenvalue weighted by atomic mass is 10.0. The molecule has 0 saturated carbocycles. The van der Waals surface area contributed by atoms with E-state index in [-0.39, 0.29) is 0 Å². The van der Waals surface area contributed by atoms with Crippen molar-refractivity contribution in [1.29, 1.82) is 0 Å². The van der Waals surface area contributed by atoms with E-state index in [2.05, 4.69) is 10.2 Å². The van der Waals surface area contributed by atoms with Crippen molar-refractivity contribution < 1.29 is 14.3 Å². The number of carbonyl (C=O) groups excluding carboxylic acids is 1. The molecule has 108 valence electrons. The minimum atomic E-state index is -0.614. The fourth-order valence-corrected chi connectivity index (χ4v) is 2.18. The Morgan fingerprint density at radius 3 is 2.70 bits per heavy atom. The molecule has 6 nitrogen and oxygen atoms in total. The highest BCUT2D eigenvalue weighted by molar-refractivity contribution is 6.33. The highest BCUT2D eigenvalue weighted by Crippen LogP contribution is 2.29. The zero-order chi connectivity index (χ0) is 14.9. The lowest BCUT2D eigenvalue weighted by Crippen LogP contribution is -2.26. The fourth-order valence-electron chi connectivity index (χ4n) is 1.94. The monoisotopic (exact) mass is 297 g/mol. The smallest absolute Gasteiger partial charge is 0.339 e. The van der Waals surface area contributed by atoms with E-state index in [0.717, 1.165) is 0 Å². The van der Waals surface area contributed by atoms with E-state index in [1.807, 2.05) is 13.8 Å². The number of hydrogen-bond donors (Lipinski definition) is 0. The predicted octanol–water partition coefficient (Wildman–Crippen LogP) is 2.44. The third kappa shape index (κ3) is 2.25. The largest absolute Gasteiger partial charge is 0.465 e. The molecule has 0 amide bonds. The van der Waals surface area contributed by atoms with Gasteiger partial charge in [-0.3, -0.25) is 4.40 Å². The van der Waals surface area contributed by atoms with E-state index < -0.39 is 11.6 Å². The topological polar surface area (TPSA) is 65.7 Å². The first kappa shape index (κ1) is 14.7. The van der Waals surface area contributed by atoms with Crippen LogP contribution in [0.2, 0.25) is 5.02 Å². The van der Waals surface area contributed by atoms with Crippen LogP contribution in [0.4, 0.5) is 0 Å². The molecule has 2 heterocycles. The van der Waals surface area contributed by atoms with E-state index in [1.165, 1.54) is 13.2 Å². The summed E-state index contributed by atoms with van der Waals surface area (Å²) in [5, 5.41) is 8.54. The number of esters is 1. The average molecular weight is 298 g/mol. The maximum absolute atomic E-state index is 11.7. The molecule has 0 saturated heterocycles. The molecule has 0 fully saturated rings. The van der Waals surface area contributed by atoms with Gasteiger partial charge in [-0.25, -0.2) is 4.79 Å². The van der Waals surface area contributed by atoms with Crippen LogP contribution in [-0.4, -0.2) is 34.8 Å². The van der Waals surface area contributed by atoms with Crippen LogP contribution >= 0.6 is 11.6 Å². The van der Waals surface area contributed by atoms with Crippen molar-refractivity contribution in [2.24, 2.45) is 0 Å². The molecule has 7 heteroatoms. The number of methoxy groups -OCH3 is 2. The van der Waals surface area contributed by atoms with Crippen molar-refractivity contribution in [3.63, 3.8) is 0 Å². The quantitative estimate of drug-likeness (QED) is 0.811. The molecule has 0 aliphatic rings. The van der Waals surface area contributed by atoms with Gasteiger partial charge in [-0.15, -0.1) is 10.2 Å². The zero-order valence-corrected chi connectivity index (χ0v) is 12.6. The van der Waals surface area contributed by atoms with E-state index in [4.69, 9.17) is 21.1 Å². The predicted molar refractivity (Wildman–Crippen MR) is 74.0 cm³/mol. The Labute approximate surface area is 121 Å². The molecule has 0 aliphatic heterocycles. The number of rotatable bonds is 4. The second kappa shape index (κ2) is 5.38. The number of pyridine rings is 1. The molecule has 20 heavy (non-hydrogen) atoms. The number of halogens is 1. The maximum atomic E-state index is 11.7. The molecule has 1 unspecified atom stereocenters. The minimum absolute atomic E-state index is 0.334. The molecule has 0 aromatic carbocycles. The highest BCUT2D eigenvalue weighted by atomic mass is 35.5. The number of hydrogen-bond acceptors (Lipinski definition) is 5. The van der Waals surface area contributed by atoms with Gasteiger partial charge in [0.2, 0.25) is 0 Å². The Morgan fingerprint density at radius 2 is 2.15 bits per heavy atom. The summed E-state index contributed by atoms with van der Waals surface area (Å²) in [6, 6.07) is 1.51. The van der Waals surface area contributed by atoms with Gasteiger partial charge in [-0.1, -0.05) is 18.5 Å². The van der Waals surface area contributed by atoms with E-state index in [0.29, 0.717) is 28.5 Å². The second-order valence-electron chi connectivity index (χ2n) is 4.57. The molecule has 0 N–H and O–H groups in total. The fraction of sp³-hybridized carbons (Fsp3) is 0.462. The van der Waals surface area contributed by atoms with Gasteiger partial charge < -0.3 is 9.47 Å². The highest BCUT2D eigenvalue weighted by Gasteiger charge is 2.30. The van der Waals surface area contributed by atoms with Gasteiger partial charge in [0.15, 0.2) is 11.5 Å². The third-order valence-electron chi connectivity index (χ3n) is 3.48. The normalized spacial score (nSPS) is 14.2. The molecule has 1 atom stereocenters. The van der Waals surface area contributed by atoms with Gasteiger partial charge in [-0.2, -0.15) is 0 Å². The summed E-state index contributed by atoms with van der Waals surface area (Å²) in [6.07, 6.45) is 2.31. The minimum Gasteiger partial charge on any atom is -0.465 e. The van der Waals surface area contributed by atoms with Crippen LogP contribution in [0.25, 0.3) is 5.65 Å². The molecular weight excluding hydrogens is 282 g/mol. The summed E-state index contributed by atoms with van der Waals surface area (Å²) in [5.41, 5.74) is 0.198. The van der Waals surface area contributed by atoms with Crippen LogP contribution in [0.15, 0.2) is 12.3 Å². The lowest BCUT2D eigenvalue weighted by Gasteiger charge is -2.24. The van der Waals surface area contributed by atoms with Gasteiger partial charge in [0.05, 0.1) is 17.7 Å². The van der Waals surface area contributed by atoms with E-state index >= 15 is 0 Å². The summed E-state index contributed by atoms with van der Waals surface area (Å²) < 4.78 is 11.9. The van der Waals surface area contributed by atoms with Crippen LogP contribution < -0.4 is 0 Å². The van der Waals surface area contributed by atoms with Gasteiger partial charge in [0.25, 0.3) is 0 Å². The van der Waals surface area contributed by atoms with Gasteiger partial charge >= 0.3 is 5.97 Å². The van der Waals surface area contributed by atoms with Crippen LogP contribution in [0, 0.1) is 0 Å². The van der Waals surface area contributed by atoms with Crippen molar-refractivity contribution in [3.8, 4) is 0 Å². The van der Waals surface area contributed by atoms with Gasteiger partial charge in [-0.05, 0) is 19.4 Å². The number of carbonyl (C=O) groups is 1. The summed E-state index contributed by atoms with van der Waals surface area (Å²) in [6.45, 7) is 3.89. The third-order valence-corrected chi connectivity index (χ3v) is 3.76. The average Bonchev–Trinajstić information content (AvgIpc) is 2.90. The first-order valence-electron chi connectivity index (χ1n) is 6.15. The summed E-state index contributed by atoms with van der Waals surface area (Å²) >= 11 is 6.14.